The van der Waals surface area contributed by atoms with Crippen LogP contribution in [0.3, 0.4) is 0 Å². The molecule has 1 fully saturated rings. The molecule has 0 unspecified atom stereocenters. The fourth-order valence-corrected chi connectivity index (χ4v) is 2.44. The lowest BCUT2D eigenvalue weighted by molar-refractivity contribution is 0.0695. The SMILES string of the molecule is CSc1ncc(C(=O)O)cc1OC1CCCC1. The largest absolute Gasteiger partial charge is 0.488 e. The number of carboxylic acid groups (broad SMARTS) is 1. The van der Waals surface area contributed by atoms with Crippen LogP contribution < -0.4 is 4.74 Å². The number of carbonyl (C=O) groups is 1. The van der Waals surface area contributed by atoms with Gasteiger partial charge in [-0.05, 0) is 38.0 Å². The maximum atomic E-state index is 10.9. The normalized spacial score (nSPS) is 16.1. The van der Waals surface area contributed by atoms with Crippen molar-refractivity contribution >= 4 is 17.7 Å². The van der Waals surface area contributed by atoms with Crippen molar-refractivity contribution in [3.05, 3.63) is 17.8 Å². The molecule has 2 rings (SSSR count). The fourth-order valence-electron chi connectivity index (χ4n) is 1.97. The second-order valence-corrected chi connectivity index (χ2v) is 4.86. The summed E-state index contributed by atoms with van der Waals surface area (Å²) in [6.07, 6.45) is 7.96. The van der Waals surface area contributed by atoms with Crippen LogP contribution in [0.15, 0.2) is 17.3 Å². The monoisotopic (exact) mass is 253 g/mol. The molecule has 92 valence electrons. The van der Waals surface area contributed by atoms with Gasteiger partial charge in [-0.25, -0.2) is 9.78 Å². The third-order valence-electron chi connectivity index (χ3n) is 2.85. The van der Waals surface area contributed by atoms with Crippen molar-refractivity contribution in [1.29, 1.82) is 0 Å². The van der Waals surface area contributed by atoms with E-state index in [4.69, 9.17) is 9.84 Å². The van der Waals surface area contributed by atoms with Crippen molar-refractivity contribution in [1.82, 2.24) is 4.98 Å². The summed E-state index contributed by atoms with van der Waals surface area (Å²) in [4.78, 5) is 15.0. The maximum Gasteiger partial charge on any atom is 0.337 e. The zero-order chi connectivity index (χ0) is 12.3. The number of aromatic carboxylic acids is 1. The van der Waals surface area contributed by atoms with Gasteiger partial charge in [0, 0.05) is 6.20 Å². The molecule has 1 aliphatic carbocycles. The summed E-state index contributed by atoms with van der Waals surface area (Å²) in [6.45, 7) is 0. The lowest BCUT2D eigenvalue weighted by Crippen LogP contribution is -2.12. The summed E-state index contributed by atoms with van der Waals surface area (Å²) < 4.78 is 5.84. The molecular formula is C12H15NO3S. The lowest BCUT2D eigenvalue weighted by Gasteiger charge is -2.15. The van der Waals surface area contributed by atoms with Gasteiger partial charge in [0.25, 0.3) is 0 Å². The highest BCUT2D eigenvalue weighted by atomic mass is 32.2. The van der Waals surface area contributed by atoms with Crippen LogP contribution >= 0.6 is 11.8 Å². The van der Waals surface area contributed by atoms with E-state index in [9.17, 15) is 4.79 Å². The number of aromatic nitrogens is 1. The molecule has 17 heavy (non-hydrogen) atoms. The van der Waals surface area contributed by atoms with Gasteiger partial charge in [-0.15, -0.1) is 11.8 Å². The minimum absolute atomic E-state index is 0.177. The van der Waals surface area contributed by atoms with Crippen molar-refractivity contribution in [2.45, 2.75) is 36.8 Å². The first-order chi connectivity index (χ1) is 8.20. The Kier molecular flexibility index (Phi) is 3.89. The Morgan fingerprint density at radius 2 is 2.24 bits per heavy atom. The van der Waals surface area contributed by atoms with Gasteiger partial charge in [0.2, 0.25) is 0 Å². The van der Waals surface area contributed by atoms with E-state index in [0.29, 0.717) is 5.75 Å². The van der Waals surface area contributed by atoms with E-state index in [1.165, 1.54) is 30.8 Å². The molecule has 0 spiro atoms. The van der Waals surface area contributed by atoms with Gasteiger partial charge in [0.05, 0.1) is 11.7 Å². The smallest absolute Gasteiger partial charge is 0.337 e. The highest BCUT2D eigenvalue weighted by Crippen LogP contribution is 2.30. The standard InChI is InChI=1S/C12H15NO3S/c1-17-11-10(16-9-4-2-3-5-9)6-8(7-13-11)12(14)15/h6-7,9H,2-5H2,1H3,(H,14,15). The van der Waals surface area contributed by atoms with E-state index in [1.54, 1.807) is 6.07 Å². The van der Waals surface area contributed by atoms with Gasteiger partial charge in [-0.2, -0.15) is 0 Å². The van der Waals surface area contributed by atoms with Gasteiger partial charge in [0.1, 0.15) is 5.03 Å². The second-order valence-electron chi connectivity index (χ2n) is 4.06. The third kappa shape index (κ3) is 2.91. The van der Waals surface area contributed by atoms with Crippen molar-refractivity contribution in [2.75, 3.05) is 6.26 Å². The molecule has 0 saturated heterocycles. The predicted molar refractivity (Wildman–Crippen MR) is 65.9 cm³/mol. The highest BCUT2D eigenvalue weighted by Gasteiger charge is 2.19. The molecule has 5 heteroatoms. The quantitative estimate of drug-likeness (QED) is 0.836. The van der Waals surface area contributed by atoms with Gasteiger partial charge >= 0.3 is 5.97 Å². The van der Waals surface area contributed by atoms with Gasteiger partial charge in [-0.3, -0.25) is 0 Å². The number of nitrogens with zero attached hydrogens (tertiary/aromatic N) is 1. The van der Waals surface area contributed by atoms with Crippen LogP contribution in [0.25, 0.3) is 0 Å². The molecule has 0 atom stereocenters. The third-order valence-corrected chi connectivity index (χ3v) is 3.55. The Hall–Kier alpha value is -1.23. The van der Waals surface area contributed by atoms with Crippen LogP contribution in [0, 0.1) is 0 Å². The Morgan fingerprint density at radius 3 is 2.82 bits per heavy atom. The molecule has 1 aromatic heterocycles. The van der Waals surface area contributed by atoms with E-state index in [2.05, 4.69) is 4.98 Å². The molecule has 1 saturated carbocycles. The van der Waals surface area contributed by atoms with Gasteiger partial charge < -0.3 is 9.84 Å². The number of ether oxygens (including phenoxy) is 1. The van der Waals surface area contributed by atoms with E-state index in [1.807, 2.05) is 6.26 Å². The first-order valence-electron chi connectivity index (χ1n) is 5.64. The highest BCUT2D eigenvalue weighted by molar-refractivity contribution is 7.98. The lowest BCUT2D eigenvalue weighted by atomic mass is 10.2. The molecule has 0 amide bonds. The molecule has 1 N–H and O–H groups in total. The Labute approximate surface area is 104 Å². The second kappa shape index (κ2) is 5.40. The molecule has 0 bridgehead atoms. The Morgan fingerprint density at radius 1 is 1.53 bits per heavy atom. The Bertz CT molecular complexity index is 416. The fraction of sp³-hybridized carbons (Fsp3) is 0.500. The van der Waals surface area contributed by atoms with Gasteiger partial charge in [0.15, 0.2) is 5.75 Å². The van der Waals surface area contributed by atoms with Crippen molar-refractivity contribution < 1.29 is 14.6 Å². The average Bonchev–Trinajstić information content (AvgIpc) is 2.81. The van der Waals surface area contributed by atoms with E-state index < -0.39 is 5.97 Å². The zero-order valence-electron chi connectivity index (χ0n) is 9.68. The molecular weight excluding hydrogens is 238 g/mol. The summed E-state index contributed by atoms with van der Waals surface area (Å²) in [5, 5.41) is 9.68. The van der Waals surface area contributed by atoms with E-state index in [0.717, 1.165) is 17.9 Å². The van der Waals surface area contributed by atoms with Crippen LogP contribution in [0.5, 0.6) is 5.75 Å². The summed E-state index contributed by atoms with van der Waals surface area (Å²) in [7, 11) is 0. The number of carboxylic acids is 1. The maximum absolute atomic E-state index is 10.9. The summed E-state index contributed by atoms with van der Waals surface area (Å²) in [6, 6.07) is 1.57. The number of hydrogen-bond donors (Lipinski definition) is 1. The zero-order valence-corrected chi connectivity index (χ0v) is 10.5. The predicted octanol–water partition coefficient (Wildman–Crippen LogP) is 2.82. The van der Waals surface area contributed by atoms with Crippen molar-refractivity contribution in [3.8, 4) is 5.75 Å². The average molecular weight is 253 g/mol. The molecule has 1 aliphatic rings. The van der Waals surface area contributed by atoms with E-state index >= 15 is 0 Å². The van der Waals surface area contributed by atoms with Crippen LogP contribution in [0.2, 0.25) is 0 Å². The number of rotatable bonds is 4. The molecule has 0 aliphatic heterocycles. The van der Waals surface area contributed by atoms with Gasteiger partial charge in [-0.1, -0.05) is 0 Å². The van der Waals surface area contributed by atoms with Crippen LogP contribution in [0.4, 0.5) is 0 Å². The molecule has 0 radical (unpaired) electrons. The summed E-state index contributed by atoms with van der Waals surface area (Å²) >= 11 is 1.47. The van der Waals surface area contributed by atoms with Crippen LogP contribution in [0.1, 0.15) is 36.0 Å². The number of thioether (sulfide) groups is 1. The topological polar surface area (TPSA) is 59.4 Å². The molecule has 1 heterocycles. The number of pyridine rings is 1. The molecule has 0 aromatic carbocycles. The summed E-state index contributed by atoms with van der Waals surface area (Å²) in [5.74, 6) is -0.370. The van der Waals surface area contributed by atoms with E-state index in [-0.39, 0.29) is 11.7 Å². The first-order valence-corrected chi connectivity index (χ1v) is 6.87. The molecule has 4 nitrogen and oxygen atoms in total. The van der Waals surface area contributed by atoms with Crippen LogP contribution in [-0.4, -0.2) is 28.4 Å². The Balaban J connectivity index is 2.21. The van der Waals surface area contributed by atoms with Crippen molar-refractivity contribution in [2.24, 2.45) is 0 Å². The minimum atomic E-state index is -0.971. The number of hydrogen-bond acceptors (Lipinski definition) is 4. The molecule has 1 aromatic rings. The van der Waals surface area contributed by atoms with Crippen molar-refractivity contribution in [3.63, 3.8) is 0 Å². The van der Waals surface area contributed by atoms with Crippen LogP contribution in [-0.2, 0) is 0 Å². The summed E-state index contributed by atoms with van der Waals surface area (Å²) in [5.41, 5.74) is 0.177. The first kappa shape index (κ1) is 12.2. The minimum Gasteiger partial charge on any atom is -0.488 e.